The number of para-hydroxylation sites is 1. The molecule has 0 unspecified atom stereocenters. The number of nitro groups is 1. The fraction of sp³-hybridized carbons (Fsp3) is 0.0625. The van der Waals surface area contributed by atoms with Gasteiger partial charge in [0.1, 0.15) is 5.75 Å². The Morgan fingerprint density at radius 1 is 1.22 bits per heavy atom. The van der Waals surface area contributed by atoms with Crippen molar-refractivity contribution in [2.75, 3.05) is 0 Å². The zero-order valence-corrected chi connectivity index (χ0v) is 11.6. The van der Waals surface area contributed by atoms with Crippen LogP contribution < -0.4 is 4.74 Å². The van der Waals surface area contributed by atoms with Crippen LogP contribution >= 0.6 is 0 Å². The van der Waals surface area contributed by atoms with Crippen molar-refractivity contribution in [1.82, 2.24) is 0 Å². The lowest BCUT2D eigenvalue weighted by molar-refractivity contribution is -0.384. The molecule has 0 bridgehead atoms. The van der Waals surface area contributed by atoms with Crippen molar-refractivity contribution >= 4 is 17.3 Å². The molecule has 0 fully saturated rings. The molecule has 0 saturated carbocycles. The second-order valence-corrected chi connectivity index (χ2v) is 4.39. The van der Waals surface area contributed by atoms with Gasteiger partial charge in [-0.15, -0.1) is 0 Å². The van der Waals surface area contributed by atoms with E-state index in [0.29, 0.717) is 11.1 Å². The predicted octanol–water partition coefficient (Wildman–Crippen LogP) is 4.26. The van der Waals surface area contributed by atoms with Crippen molar-refractivity contribution in [3.05, 3.63) is 69.8 Å². The third-order valence-corrected chi connectivity index (χ3v) is 2.94. The molecule has 0 saturated heterocycles. The second-order valence-electron chi connectivity index (χ2n) is 4.39. The van der Waals surface area contributed by atoms with Gasteiger partial charge in [0.25, 0.3) is 5.69 Å². The number of allylic oxidation sites excluding steroid dienone is 1. The molecule has 116 valence electrons. The summed E-state index contributed by atoms with van der Waals surface area (Å²) in [6.07, 6.45) is 1.39. The van der Waals surface area contributed by atoms with E-state index in [1.807, 2.05) is 6.07 Å². The summed E-state index contributed by atoms with van der Waals surface area (Å²) in [5.41, 5.74) is 0.811. The summed E-state index contributed by atoms with van der Waals surface area (Å²) in [5.74, 6) is -0.0582. The van der Waals surface area contributed by atoms with Crippen molar-refractivity contribution in [3.63, 3.8) is 0 Å². The number of non-ortho nitro benzene ring substituents is 1. The predicted molar refractivity (Wildman–Crippen MR) is 79.7 cm³/mol. The minimum absolute atomic E-state index is 0.0582. The maximum Gasteiger partial charge on any atom is 0.387 e. The van der Waals surface area contributed by atoms with E-state index in [4.69, 9.17) is 0 Å². The maximum atomic E-state index is 12.4. The molecule has 0 aliphatic heterocycles. The van der Waals surface area contributed by atoms with E-state index in [0.717, 1.165) is 0 Å². The first-order valence-corrected chi connectivity index (χ1v) is 6.41. The molecule has 0 spiro atoms. The number of ether oxygens (including phenoxy) is 1. The van der Waals surface area contributed by atoms with Crippen LogP contribution in [0.3, 0.4) is 0 Å². The van der Waals surface area contributed by atoms with Crippen LogP contribution in [0.4, 0.5) is 14.5 Å². The van der Waals surface area contributed by atoms with E-state index in [2.05, 4.69) is 4.74 Å². The highest BCUT2D eigenvalue weighted by Gasteiger charge is 2.10. The summed E-state index contributed by atoms with van der Waals surface area (Å²) in [7, 11) is 0. The van der Waals surface area contributed by atoms with Gasteiger partial charge in [-0.2, -0.15) is 14.0 Å². The topological polar surface area (TPSA) is 76.2 Å². The van der Waals surface area contributed by atoms with E-state index >= 15 is 0 Å². The third kappa shape index (κ3) is 4.11. The standard InChI is InChI=1S/C16H10F2N2O3/c17-16(18)23-15-4-2-1-3-12(15)9-13(10-19)11-5-7-14(8-6-11)20(21)22/h1-9,16H. The molecule has 0 atom stereocenters. The molecule has 0 N–H and O–H groups in total. The summed E-state index contributed by atoms with van der Waals surface area (Å²) >= 11 is 0. The maximum absolute atomic E-state index is 12.4. The van der Waals surface area contributed by atoms with E-state index < -0.39 is 11.5 Å². The van der Waals surface area contributed by atoms with Crippen molar-refractivity contribution < 1.29 is 18.4 Å². The van der Waals surface area contributed by atoms with Gasteiger partial charge in [0.2, 0.25) is 0 Å². The van der Waals surface area contributed by atoms with Gasteiger partial charge in [-0.25, -0.2) is 0 Å². The van der Waals surface area contributed by atoms with E-state index in [1.54, 1.807) is 6.07 Å². The first-order chi connectivity index (χ1) is 11.0. The minimum Gasteiger partial charge on any atom is -0.434 e. The molecule has 23 heavy (non-hydrogen) atoms. The van der Waals surface area contributed by atoms with Crippen LogP contribution in [0.1, 0.15) is 11.1 Å². The summed E-state index contributed by atoms with van der Waals surface area (Å²) in [6.45, 7) is -2.98. The molecule has 0 radical (unpaired) electrons. The Morgan fingerprint density at radius 3 is 2.43 bits per heavy atom. The number of nitriles is 1. The van der Waals surface area contributed by atoms with Gasteiger partial charge in [-0.1, -0.05) is 18.2 Å². The molecule has 0 amide bonds. The summed E-state index contributed by atoms with van der Waals surface area (Å²) in [5, 5.41) is 19.9. The lowest BCUT2D eigenvalue weighted by Gasteiger charge is -2.08. The number of hydrogen-bond donors (Lipinski definition) is 0. The summed E-state index contributed by atoms with van der Waals surface area (Å²) in [6, 6.07) is 13.4. The van der Waals surface area contributed by atoms with Gasteiger partial charge < -0.3 is 4.74 Å². The SMILES string of the molecule is N#CC(=Cc1ccccc1OC(F)F)c1ccc([N+](=O)[O-])cc1. The average molecular weight is 316 g/mol. The Kier molecular flexibility index (Phi) is 5.00. The Hall–Kier alpha value is -3.27. The first-order valence-electron chi connectivity index (χ1n) is 6.41. The van der Waals surface area contributed by atoms with Crippen LogP contribution in [0.2, 0.25) is 0 Å². The first kappa shape index (κ1) is 16.1. The number of hydrogen-bond acceptors (Lipinski definition) is 4. The quantitative estimate of drug-likeness (QED) is 0.357. The zero-order chi connectivity index (χ0) is 16.8. The normalized spacial score (nSPS) is 11.1. The molecule has 0 heterocycles. The number of nitrogens with zero attached hydrogens (tertiary/aromatic N) is 2. The monoisotopic (exact) mass is 316 g/mol. The van der Waals surface area contributed by atoms with Crippen molar-refractivity contribution in [2.24, 2.45) is 0 Å². The second kappa shape index (κ2) is 7.13. The van der Waals surface area contributed by atoms with Gasteiger partial charge in [-0.3, -0.25) is 10.1 Å². The molecule has 2 aromatic rings. The Bertz CT molecular complexity index is 781. The Balaban J connectivity index is 2.40. The smallest absolute Gasteiger partial charge is 0.387 e. The fourth-order valence-corrected chi connectivity index (χ4v) is 1.90. The van der Waals surface area contributed by atoms with Gasteiger partial charge in [0, 0.05) is 17.7 Å². The molecular formula is C16H10F2N2O3. The highest BCUT2D eigenvalue weighted by molar-refractivity contribution is 5.90. The number of rotatable bonds is 5. The average Bonchev–Trinajstić information content (AvgIpc) is 2.53. The van der Waals surface area contributed by atoms with E-state index in [-0.39, 0.29) is 17.0 Å². The van der Waals surface area contributed by atoms with Gasteiger partial charge in [-0.05, 0) is 29.8 Å². The lowest BCUT2D eigenvalue weighted by Crippen LogP contribution is -2.03. The van der Waals surface area contributed by atoms with Crippen molar-refractivity contribution in [2.45, 2.75) is 6.61 Å². The summed E-state index contributed by atoms with van der Waals surface area (Å²) in [4.78, 5) is 10.1. The highest BCUT2D eigenvalue weighted by atomic mass is 19.3. The molecular weight excluding hydrogens is 306 g/mol. The number of alkyl halides is 2. The molecule has 2 aromatic carbocycles. The van der Waals surface area contributed by atoms with E-state index in [9.17, 15) is 24.2 Å². The van der Waals surface area contributed by atoms with Gasteiger partial charge in [0.15, 0.2) is 0 Å². The van der Waals surface area contributed by atoms with Crippen LogP contribution in [0.5, 0.6) is 5.75 Å². The van der Waals surface area contributed by atoms with Crippen LogP contribution in [0, 0.1) is 21.4 Å². The lowest BCUT2D eigenvalue weighted by atomic mass is 10.0. The van der Waals surface area contributed by atoms with Crippen LogP contribution in [0.15, 0.2) is 48.5 Å². The van der Waals surface area contributed by atoms with Crippen LogP contribution in [0.25, 0.3) is 11.6 Å². The van der Waals surface area contributed by atoms with Crippen LogP contribution in [-0.2, 0) is 0 Å². The number of benzene rings is 2. The third-order valence-electron chi connectivity index (χ3n) is 2.94. The number of nitro benzene ring substituents is 1. The molecule has 7 heteroatoms. The van der Waals surface area contributed by atoms with Crippen molar-refractivity contribution in [3.8, 4) is 11.8 Å². The van der Waals surface area contributed by atoms with Crippen LogP contribution in [-0.4, -0.2) is 11.5 Å². The summed E-state index contributed by atoms with van der Waals surface area (Å²) < 4.78 is 29.2. The molecule has 2 rings (SSSR count). The molecule has 0 aromatic heterocycles. The largest absolute Gasteiger partial charge is 0.434 e. The molecule has 5 nitrogen and oxygen atoms in total. The van der Waals surface area contributed by atoms with Crippen molar-refractivity contribution in [1.29, 1.82) is 5.26 Å². The Morgan fingerprint density at radius 2 is 1.87 bits per heavy atom. The van der Waals surface area contributed by atoms with E-state index in [1.165, 1.54) is 48.5 Å². The molecule has 0 aliphatic rings. The highest BCUT2D eigenvalue weighted by Crippen LogP contribution is 2.26. The zero-order valence-electron chi connectivity index (χ0n) is 11.6. The Labute approximate surface area is 130 Å². The number of halogens is 2. The van der Waals surface area contributed by atoms with Gasteiger partial charge in [0.05, 0.1) is 16.6 Å². The molecule has 0 aliphatic carbocycles. The fourth-order valence-electron chi connectivity index (χ4n) is 1.90. The van der Waals surface area contributed by atoms with Gasteiger partial charge >= 0.3 is 6.61 Å². The minimum atomic E-state index is -2.98.